The smallest absolute Gasteiger partial charge is 0.335 e. The van der Waals surface area contributed by atoms with Gasteiger partial charge in [-0.1, -0.05) is 66.2 Å². The van der Waals surface area contributed by atoms with Gasteiger partial charge in [0, 0.05) is 24.8 Å². The first-order valence-corrected chi connectivity index (χ1v) is 31.3. The van der Waals surface area contributed by atoms with Gasteiger partial charge in [-0.2, -0.15) is 0 Å². The summed E-state index contributed by atoms with van der Waals surface area (Å²) in [6.45, 7) is 17.4. The lowest BCUT2D eigenvalue weighted by Gasteiger charge is -2.72. The van der Waals surface area contributed by atoms with Crippen LogP contribution in [0.3, 0.4) is 0 Å². The maximum absolute atomic E-state index is 13.6. The zero-order chi connectivity index (χ0) is 66.4. The predicted octanol–water partition coefficient (Wildman–Crippen LogP) is -1.26. The first-order chi connectivity index (χ1) is 42.0. The highest BCUT2D eigenvalue weighted by atomic mass is 16.8. The fourth-order valence-corrected chi connectivity index (χ4v) is 17.7. The summed E-state index contributed by atoms with van der Waals surface area (Å²) in [4.78, 5) is 53.5. The largest absolute Gasteiger partial charge is 0.479 e. The molecule has 5 aliphatic carbocycles. The van der Waals surface area contributed by atoms with E-state index in [9.17, 15) is 85.6 Å². The zero-order valence-electron chi connectivity index (χ0n) is 52.9. The molecule has 0 spiro atoms. The Bertz CT molecular complexity index is 2670. The second-order valence-corrected chi connectivity index (χ2v) is 28.6. The second-order valence-electron chi connectivity index (χ2n) is 28.6. The third-order valence-corrected chi connectivity index (χ3v) is 22.9. The summed E-state index contributed by atoms with van der Waals surface area (Å²) >= 11 is 0. The standard InChI is InChI=1S/C62H96O28/c1-12-25(2)52(79)90-49-50(82-27(4)67)62(24-65)29(19-57(49,5)6)28-13-14-34-59(9)17-16-35(58(7,8)33(59)15-18-60(34,10)61(28,11)20-36(62)81-26(3)66)85-56-48(89-54-43(75)41(73)39(71)32(22-64)84-54)45(44(76)46(87-56)51(77)78)86-55-47(37(69)30(68)23-80-55)88-53-42(74)40(72)38(70)31(21-63)83-53/h12-13,29-50,53-56,63-65,68-76H,14-24H2,1-11H3,(H,77,78). The number of allylic oxidation sites excluding steroid dienone is 3. The predicted molar refractivity (Wildman–Crippen MR) is 304 cm³/mol. The van der Waals surface area contributed by atoms with Gasteiger partial charge in [0.2, 0.25) is 0 Å². The van der Waals surface area contributed by atoms with E-state index >= 15 is 0 Å². The minimum atomic E-state index is -2.26. The summed E-state index contributed by atoms with van der Waals surface area (Å²) in [5, 5.41) is 142. The van der Waals surface area contributed by atoms with Crippen LogP contribution in [0.15, 0.2) is 23.3 Å². The minimum absolute atomic E-state index is 0.0595. The van der Waals surface area contributed by atoms with Crippen molar-refractivity contribution in [3.05, 3.63) is 23.3 Å². The molecular formula is C62H96O28. The summed E-state index contributed by atoms with van der Waals surface area (Å²) in [7, 11) is 0. The number of carbonyl (C=O) groups excluding carboxylic acids is 3. The monoisotopic (exact) mass is 1290 g/mol. The number of rotatable bonds is 16. The van der Waals surface area contributed by atoms with E-state index in [4.69, 9.17) is 52.1 Å². The van der Waals surface area contributed by atoms with Crippen LogP contribution in [0.1, 0.15) is 121 Å². The van der Waals surface area contributed by atoms with Crippen LogP contribution in [0.25, 0.3) is 0 Å². The number of ether oxygens (including phenoxy) is 11. The van der Waals surface area contributed by atoms with Crippen molar-refractivity contribution in [1.29, 1.82) is 0 Å². The van der Waals surface area contributed by atoms with Gasteiger partial charge in [0.25, 0.3) is 0 Å². The van der Waals surface area contributed by atoms with Gasteiger partial charge >= 0.3 is 23.9 Å². The van der Waals surface area contributed by atoms with Crippen LogP contribution in [0.2, 0.25) is 0 Å². The van der Waals surface area contributed by atoms with Crippen molar-refractivity contribution in [2.24, 2.45) is 50.2 Å². The van der Waals surface area contributed by atoms with Gasteiger partial charge in [0.05, 0.1) is 37.9 Å². The van der Waals surface area contributed by atoms with Gasteiger partial charge in [0.15, 0.2) is 37.4 Å². The summed E-state index contributed by atoms with van der Waals surface area (Å²) in [6, 6.07) is 0. The highest BCUT2D eigenvalue weighted by molar-refractivity contribution is 5.87. The van der Waals surface area contributed by atoms with Crippen molar-refractivity contribution in [2.75, 3.05) is 26.4 Å². The SMILES string of the molecule is CC=C(C)C(=O)OC1C(OC(C)=O)C2(CO)C(OC(C)=O)CC3(C)C(=CCC4C5(C)CCC(OC6OC(C(=O)O)C(O)C(OC7OCC(O)C(O)C7OC7OC(CO)C(O)C(O)C7O)C6OC6OC(CO)C(O)C(O)C6O)C(C)(C)C5CCC43C)C2CC1(C)C. The number of aliphatic hydroxyl groups is 12. The van der Waals surface area contributed by atoms with Gasteiger partial charge in [-0.3, -0.25) is 9.59 Å². The number of aliphatic carboxylic acids is 1. The number of carboxylic acid groups (broad SMARTS) is 1. The number of carbonyl (C=O) groups is 4. The van der Waals surface area contributed by atoms with E-state index in [-0.39, 0.29) is 18.3 Å². The Hall–Kier alpha value is -3.44. The van der Waals surface area contributed by atoms with Crippen molar-refractivity contribution < 1.29 is 138 Å². The quantitative estimate of drug-likeness (QED) is 0.0282. The Labute approximate surface area is 522 Å². The molecule has 8 fully saturated rings. The third kappa shape index (κ3) is 11.9. The van der Waals surface area contributed by atoms with Gasteiger partial charge in [-0.15, -0.1) is 0 Å². The molecule has 0 bridgehead atoms. The molecule has 0 aromatic carbocycles. The average Bonchev–Trinajstić information content (AvgIpc) is 0.669. The number of carboxylic acids is 1. The molecule has 0 radical (unpaired) electrons. The number of hydrogen-bond acceptors (Lipinski definition) is 27. The average molecular weight is 1290 g/mol. The van der Waals surface area contributed by atoms with Gasteiger partial charge in [-0.25, -0.2) is 9.59 Å². The van der Waals surface area contributed by atoms with Crippen LogP contribution in [0, 0.1) is 50.2 Å². The topological polar surface area (TPSA) is 433 Å². The molecule has 0 aromatic heterocycles. The second kappa shape index (κ2) is 26.3. The van der Waals surface area contributed by atoms with Crippen molar-refractivity contribution in [2.45, 2.75) is 262 Å². The van der Waals surface area contributed by atoms with E-state index in [2.05, 4.69) is 26.8 Å². The Kier molecular flexibility index (Phi) is 20.7. The molecule has 30 unspecified atom stereocenters. The maximum Gasteiger partial charge on any atom is 0.335 e. The van der Waals surface area contributed by atoms with Gasteiger partial charge < -0.3 is 118 Å². The lowest BCUT2D eigenvalue weighted by Crippen LogP contribution is -2.73. The molecule has 9 rings (SSSR count). The summed E-state index contributed by atoms with van der Waals surface area (Å²) in [5.74, 6) is -4.39. The molecule has 90 heavy (non-hydrogen) atoms. The first kappa shape index (κ1) is 70.9. The molecule has 9 aliphatic rings. The molecule has 28 nitrogen and oxygen atoms in total. The minimum Gasteiger partial charge on any atom is -0.479 e. The lowest BCUT2D eigenvalue weighted by atomic mass is 9.33. The van der Waals surface area contributed by atoms with Crippen LogP contribution in [-0.4, -0.2) is 258 Å². The highest BCUT2D eigenvalue weighted by Gasteiger charge is 2.75. The van der Waals surface area contributed by atoms with E-state index in [1.165, 1.54) is 13.8 Å². The fraction of sp³-hybridized carbons (Fsp3) is 0.871. The van der Waals surface area contributed by atoms with E-state index in [1.54, 1.807) is 19.9 Å². The molecule has 4 heterocycles. The molecule has 512 valence electrons. The molecule has 4 saturated carbocycles. The zero-order valence-corrected chi connectivity index (χ0v) is 52.9. The normalized spacial score (nSPS) is 49.1. The molecule has 30 atom stereocenters. The Balaban J connectivity index is 1.06. The summed E-state index contributed by atoms with van der Waals surface area (Å²) < 4.78 is 67.7. The van der Waals surface area contributed by atoms with Crippen LogP contribution in [0.4, 0.5) is 0 Å². The summed E-state index contributed by atoms with van der Waals surface area (Å²) in [6.07, 6.45) is -33.8. The van der Waals surface area contributed by atoms with E-state index in [0.717, 1.165) is 5.57 Å². The number of esters is 3. The van der Waals surface area contributed by atoms with Gasteiger partial charge in [0.1, 0.15) is 97.7 Å². The molecule has 0 amide bonds. The van der Waals surface area contributed by atoms with Crippen molar-refractivity contribution in [3.63, 3.8) is 0 Å². The van der Waals surface area contributed by atoms with E-state index in [1.807, 2.05) is 27.7 Å². The van der Waals surface area contributed by atoms with Crippen molar-refractivity contribution in [1.82, 2.24) is 0 Å². The molecule has 28 heteroatoms. The van der Waals surface area contributed by atoms with Crippen LogP contribution >= 0.6 is 0 Å². The van der Waals surface area contributed by atoms with Crippen molar-refractivity contribution in [3.8, 4) is 0 Å². The highest BCUT2D eigenvalue weighted by Crippen LogP contribution is 2.76. The molecule has 4 saturated heterocycles. The molecule has 13 N–H and O–H groups in total. The van der Waals surface area contributed by atoms with E-state index < -0.39 is 230 Å². The fourth-order valence-electron chi connectivity index (χ4n) is 17.7. The molecule has 4 aliphatic heterocycles. The van der Waals surface area contributed by atoms with Gasteiger partial charge in [-0.05, 0) is 98.2 Å². The van der Waals surface area contributed by atoms with Crippen LogP contribution in [-0.2, 0) is 71.3 Å². The lowest BCUT2D eigenvalue weighted by molar-refractivity contribution is -0.401. The number of fused-ring (bicyclic) bond motifs is 7. The third-order valence-electron chi connectivity index (χ3n) is 22.9. The van der Waals surface area contributed by atoms with Crippen LogP contribution < -0.4 is 0 Å². The molecule has 0 aromatic rings. The number of aliphatic hydroxyl groups excluding tert-OH is 12. The Morgan fingerprint density at radius 1 is 0.600 bits per heavy atom. The Morgan fingerprint density at radius 2 is 1.18 bits per heavy atom. The van der Waals surface area contributed by atoms with E-state index in [0.29, 0.717) is 44.1 Å². The Morgan fingerprint density at radius 3 is 1.72 bits per heavy atom. The summed E-state index contributed by atoms with van der Waals surface area (Å²) in [5.41, 5.74) is -3.50. The van der Waals surface area contributed by atoms with Crippen LogP contribution in [0.5, 0.6) is 0 Å². The van der Waals surface area contributed by atoms with Crippen molar-refractivity contribution >= 4 is 23.9 Å². The molecular weight excluding hydrogens is 1190 g/mol. The maximum atomic E-state index is 13.6. The first-order valence-electron chi connectivity index (χ1n) is 31.3. The number of hydrogen-bond donors (Lipinski definition) is 13.